The van der Waals surface area contributed by atoms with Gasteiger partial charge in [0.2, 0.25) is 5.91 Å². The number of unbranched alkanes of at least 4 members (excludes halogenated alkanes) is 1. The van der Waals surface area contributed by atoms with Crippen LogP contribution in [0.4, 0.5) is 0 Å². The minimum Gasteiger partial charge on any atom is -0.356 e. The average Bonchev–Trinajstić information content (AvgIpc) is 2.44. The highest BCUT2D eigenvalue weighted by atomic mass is 32.2. The highest BCUT2D eigenvalue weighted by Crippen LogP contribution is 2.25. The van der Waals surface area contributed by atoms with Gasteiger partial charge in [-0.05, 0) is 42.9 Å². The summed E-state index contributed by atoms with van der Waals surface area (Å²) in [5.74, 6) is 0.352. The molecule has 1 aliphatic heterocycles. The molecule has 1 N–H and O–H groups in total. The minimum absolute atomic E-state index is 0.0948. The van der Waals surface area contributed by atoms with E-state index in [1.165, 1.54) is 0 Å². The third-order valence-corrected chi connectivity index (χ3v) is 5.71. The van der Waals surface area contributed by atoms with Crippen LogP contribution in [-0.2, 0) is 27.5 Å². The zero-order valence-corrected chi connectivity index (χ0v) is 13.3. The van der Waals surface area contributed by atoms with Gasteiger partial charge in [-0.15, -0.1) is 0 Å². The molecule has 1 heterocycles. The van der Waals surface area contributed by atoms with Crippen molar-refractivity contribution in [2.24, 2.45) is 0 Å². The molecular weight excluding hydrogens is 286 g/mol. The highest BCUT2D eigenvalue weighted by molar-refractivity contribution is 7.91. The largest absolute Gasteiger partial charge is 0.356 e. The van der Waals surface area contributed by atoms with E-state index in [1.807, 2.05) is 12.1 Å². The van der Waals surface area contributed by atoms with Crippen molar-refractivity contribution in [2.45, 2.75) is 50.3 Å². The van der Waals surface area contributed by atoms with Crippen LogP contribution in [-0.4, -0.2) is 26.6 Å². The Morgan fingerprint density at radius 1 is 1.33 bits per heavy atom. The van der Waals surface area contributed by atoms with Crippen molar-refractivity contribution in [3.63, 3.8) is 0 Å². The maximum absolute atomic E-state index is 11.9. The first-order chi connectivity index (χ1) is 10.0. The molecule has 5 heteroatoms. The summed E-state index contributed by atoms with van der Waals surface area (Å²) in [5.41, 5.74) is 2.01. The third-order valence-electron chi connectivity index (χ3n) is 3.81. The smallest absolute Gasteiger partial charge is 0.220 e. The SMILES string of the molecule is CCCCC(=O)NCCc1ccc2c(c1)CCCS2(=O)=O. The van der Waals surface area contributed by atoms with Crippen LogP contribution >= 0.6 is 0 Å². The summed E-state index contributed by atoms with van der Waals surface area (Å²) < 4.78 is 23.9. The maximum atomic E-state index is 11.9. The number of carbonyl (C=O) groups is 1. The average molecular weight is 309 g/mol. The molecule has 116 valence electrons. The fourth-order valence-electron chi connectivity index (χ4n) is 2.62. The molecule has 1 aliphatic rings. The van der Waals surface area contributed by atoms with E-state index in [2.05, 4.69) is 12.2 Å². The van der Waals surface area contributed by atoms with E-state index in [0.29, 0.717) is 24.3 Å². The van der Waals surface area contributed by atoms with Crippen molar-refractivity contribution in [1.82, 2.24) is 5.32 Å². The first kappa shape index (κ1) is 16.0. The number of benzene rings is 1. The van der Waals surface area contributed by atoms with Crippen LogP contribution in [0.25, 0.3) is 0 Å². The van der Waals surface area contributed by atoms with E-state index in [1.54, 1.807) is 6.07 Å². The Hall–Kier alpha value is -1.36. The Kier molecular flexibility index (Phi) is 5.39. The van der Waals surface area contributed by atoms with Gasteiger partial charge in [-0.3, -0.25) is 4.79 Å². The van der Waals surface area contributed by atoms with Crippen molar-refractivity contribution >= 4 is 15.7 Å². The quantitative estimate of drug-likeness (QED) is 0.876. The lowest BCUT2D eigenvalue weighted by molar-refractivity contribution is -0.121. The number of carbonyl (C=O) groups excluding carboxylic acids is 1. The molecular formula is C16H23NO3S. The molecule has 0 unspecified atom stereocenters. The number of sulfone groups is 1. The molecule has 1 aromatic rings. The number of hydrogen-bond acceptors (Lipinski definition) is 3. The van der Waals surface area contributed by atoms with Crippen molar-refractivity contribution in [2.75, 3.05) is 12.3 Å². The van der Waals surface area contributed by atoms with Gasteiger partial charge >= 0.3 is 0 Å². The van der Waals surface area contributed by atoms with Gasteiger partial charge in [-0.25, -0.2) is 8.42 Å². The second kappa shape index (κ2) is 7.07. The van der Waals surface area contributed by atoms with E-state index < -0.39 is 9.84 Å². The fraction of sp³-hybridized carbons (Fsp3) is 0.562. The van der Waals surface area contributed by atoms with Gasteiger partial charge in [0, 0.05) is 13.0 Å². The van der Waals surface area contributed by atoms with Gasteiger partial charge in [-0.2, -0.15) is 0 Å². The molecule has 0 saturated carbocycles. The van der Waals surface area contributed by atoms with Gasteiger partial charge in [0.25, 0.3) is 0 Å². The summed E-state index contributed by atoms with van der Waals surface area (Å²) in [5, 5.41) is 2.91. The van der Waals surface area contributed by atoms with Gasteiger partial charge in [0.05, 0.1) is 10.6 Å². The van der Waals surface area contributed by atoms with Crippen LogP contribution in [0.15, 0.2) is 23.1 Å². The zero-order valence-electron chi connectivity index (χ0n) is 12.5. The Labute approximate surface area is 126 Å². The van der Waals surface area contributed by atoms with Crippen LogP contribution in [0.2, 0.25) is 0 Å². The summed E-state index contributed by atoms with van der Waals surface area (Å²) in [6, 6.07) is 5.56. The molecule has 0 fully saturated rings. The summed E-state index contributed by atoms with van der Waals surface area (Å²) in [7, 11) is -3.07. The van der Waals surface area contributed by atoms with E-state index >= 15 is 0 Å². The normalized spacial score (nSPS) is 16.2. The summed E-state index contributed by atoms with van der Waals surface area (Å²) in [4.78, 5) is 12.0. The molecule has 4 nitrogen and oxygen atoms in total. The third kappa shape index (κ3) is 4.30. The lowest BCUT2D eigenvalue weighted by atomic mass is 10.0. The van der Waals surface area contributed by atoms with Crippen molar-refractivity contribution in [1.29, 1.82) is 0 Å². The molecule has 0 bridgehead atoms. The van der Waals surface area contributed by atoms with Gasteiger partial charge in [0.1, 0.15) is 0 Å². The number of rotatable bonds is 6. The van der Waals surface area contributed by atoms with Crippen LogP contribution in [0.3, 0.4) is 0 Å². The zero-order chi connectivity index (χ0) is 15.3. The Morgan fingerprint density at radius 3 is 2.90 bits per heavy atom. The molecule has 0 aromatic heterocycles. The molecule has 0 aliphatic carbocycles. The van der Waals surface area contributed by atoms with E-state index in [0.717, 1.165) is 36.8 Å². The van der Waals surface area contributed by atoms with Crippen LogP contribution in [0, 0.1) is 0 Å². The van der Waals surface area contributed by atoms with Crippen LogP contribution in [0.1, 0.15) is 43.7 Å². The Balaban J connectivity index is 1.92. The van der Waals surface area contributed by atoms with Gasteiger partial charge in [0.15, 0.2) is 9.84 Å². The highest BCUT2D eigenvalue weighted by Gasteiger charge is 2.23. The molecule has 1 amide bonds. The van der Waals surface area contributed by atoms with Crippen molar-refractivity contribution < 1.29 is 13.2 Å². The van der Waals surface area contributed by atoms with Crippen LogP contribution < -0.4 is 5.32 Å². The first-order valence-electron chi connectivity index (χ1n) is 7.64. The first-order valence-corrected chi connectivity index (χ1v) is 9.29. The van der Waals surface area contributed by atoms with Gasteiger partial charge in [-0.1, -0.05) is 25.5 Å². The lowest BCUT2D eigenvalue weighted by Crippen LogP contribution is -2.25. The number of aryl methyl sites for hydroxylation is 1. The maximum Gasteiger partial charge on any atom is 0.220 e. The standard InChI is InChI=1S/C16H23NO3S/c1-2-3-6-16(18)17-10-9-13-7-8-15-14(12-13)5-4-11-21(15,19)20/h7-8,12H,2-6,9-11H2,1H3,(H,17,18). The molecule has 2 rings (SSSR count). The number of nitrogens with one attached hydrogen (secondary N) is 1. The topological polar surface area (TPSA) is 63.2 Å². The molecule has 0 saturated heterocycles. The summed E-state index contributed by atoms with van der Waals surface area (Å²) in [6.07, 6.45) is 4.79. The number of fused-ring (bicyclic) bond motifs is 1. The predicted octanol–water partition coefficient (Wildman–Crippen LogP) is 2.26. The Bertz CT molecular complexity index is 608. The van der Waals surface area contributed by atoms with E-state index in [4.69, 9.17) is 0 Å². The summed E-state index contributed by atoms with van der Waals surface area (Å²) >= 11 is 0. The second-order valence-electron chi connectivity index (χ2n) is 5.57. The van der Waals surface area contributed by atoms with Crippen molar-refractivity contribution in [3.8, 4) is 0 Å². The molecule has 0 radical (unpaired) electrons. The van der Waals surface area contributed by atoms with E-state index in [-0.39, 0.29) is 11.7 Å². The number of hydrogen-bond donors (Lipinski definition) is 1. The van der Waals surface area contributed by atoms with Crippen molar-refractivity contribution in [3.05, 3.63) is 29.3 Å². The summed E-state index contributed by atoms with van der Waals surface area (Å²) in [6.45, 7) is 2.67. The Morgan fingerprint density at radius 2 is 2.14 bits per heavy atom. The van der Waals surface area contributed by atoms with Gasteiger partial charge < -0.3 is 5.32 Å². The van der Waals surface area contributed by atoms with E-state index in [9.17, 15) is 13.2 Å². The molecule has 1 aromatic carbocycles. The lowest BCUT2D eigenvalue weighted by Gasteiger charge is -2.17. The second-order valence-corrected chi connectivity index (χ2v) is 7.65. The molecule has 0 spiro atoms. The minimum atomic E-state index is -3.07. The molecule has 0 atom stereocenters. The number of amides is 1. The molecule has 21 heavy (non-hydrogen) atoms. The monoisotopic (exact) mass is 309 g/mol. The van der Waals surface area contributed by atoms with Crippen LogP contribution in [0.5, 0.6) is 0 Å². The predicted molar refractivity (Wildman–Crippen MR) is 83.1 cm³/mol. The fourth-order valence-corrected chi connectivity index (χ4v) is 4.20.